The Morgan fingerprint density at radius 1 is 0.288 bits per heavy atom. The molecule has 0 radical (unpaired) electrons. The Hall–Kier alpha value is -7.99. The second-order valence-corrected chi connectivity index (χ2v) is 16.5. The van der Waals surface area contributed by atoms with Crippen LogP contribution in [0.3, 0.4) is 0 Å². The molecule has 0 saturated heterocycles. The van der Waals surface area contributed by atoms with Gasteiger partial charge in [-0.3, -0.25) is 0 Å². The van der Waals surface area contributed by atoms with Gasteiger partial charge in [0.05, 0.1) is 33.1 Å². The van der Waals surface area contributed by atoms with Crippen molar-refractivity contribution in [1.29, 1.82) is 0 Å². The molecule has 0 amide bonds. The lowest BCUT2D eigenvalue weighted by atomic mass is 9.78. The summed E-state index contributed by atoms with van der Waals surface area (Å²) in [7, 11) is -4.07. The lowest BCUT2D eigenvalue weighted by Crippen LogP contribution is -2.36. The molecule has 0 atom stereocenters. The van der Waals surface area contributed by atoms with E-state index in [4.69, 9.17) is 9.31 Å². The quantitative estimate of drug-likeness (QED) is 0.103. The number of benzene rings is 9. The van der Waals surface area contributed by atoms with E-state index in [-0.39, 0.29) is 0 Å². The molecule has 0 aliphatic carbocycles. The van der Waals surface area contributed by atoms with E-state index in [9.17, 15) is 20.1 Å². The summed E-state index contributed by atoms with van der Waals surface area (Å²) in [6, 6.07) is 67.2. The lowest BCUT2D eigenvalue weighted by molar-refractivity contribution is 0.425. The minimum atomic E-state index is -1.58. The highest BCUT2D eigenvalue weighted by molar-refractivity contribution is 6.61. The van der Waals surface area contributed by atoms with Gasteiger partial charge in [-0.2, -0.15) is 0 Å². The highest BCUT2D eigenvalue weighted by Crippen LogP contribution is 2.35. The van der Waals surface area contributed by atoms with Crippen LogP contribution in [-0.4, -0.2) is 55.2 Å². The van der Waals surface area contributed by atoms with Crippen molar-refractivity contribution in [3.05, 3.63) is 206 Å². The fourth-order valence-electron chi connectivity index (χ4n) is 9.64. The molecular weight excluding hydrogens is 819 g/mol. The molecule has 0 fully saturated rings. The van der Waals surface area contributed by atoms with Crippen LogP contribution >= 0.6 is 0 Å². The van der Waals surface area contributed by atoms with Gasteiger partial charge in [0, 0.05) is 61.5 Å². The van der Waals surface area contributed by atoms with Crippen LogP contribution in [0.25, 0.3) is 82.5 Å². The Bertz CT molecular complexity index is 3830. The normalized spacial score (nSPS) is 11.6. The molecule has 66 heavy (non-hydrogen) atoms. The maximum Gasteiger partial charge on any atom is 0.560 e. The highest BCUT2D eigenvalue weighted by atomic mass is 16.5. The van der Waals surface area contributed by atoms with E-state index < -0.39 is 21.4 Å². The van der Waals surface area contributed by atoms with Crippen molar-refractivity contribution in [3.8, 4) is 28.6 Å². The molecule has 0 spiro atoms. The summed E-state index contributed by atoms with van der Waals surface area (Å²) in [4.78, 5) is 0. The maximum atomic E-state index is 11.6. The number of para-hydroxylation sites is 4. The average Bonchev–Trinajstić information content (AvgIpc) is 3.99. The summed E-state index contributed by atoms with van der Waals surface area (Å²) >= 11 is 0. The van der Waals surface area contributed by atoms with Gasteiger partial charge in [-0.25, -0.2) is 0 Å². The molecule has 0 bridgehead atoms. The van der Waals surface area contributed by atoms with Gasteiger partial charge in [0.2, 0.25) is 0 Å². The average molecular weight is 857 g/mol. The fourth-order valence-corrected chi connectivity index (χ4v) is 9.64. The van der Waals surface area contributed by atoms with Gasteiger partial charge >= 0.3 is 21.4 Å². The maximum absolute atomic E-state index is 11.6. The monoisotopic (exact) mass is 857 g/mol. The molecule has 0 aliphatic rings. The molecular formula is C54H38B3N3O6. The van der Waals surface area contributed by atoms with Crippen molar-refractivity contribution >= 4 is 103 Å². The lowest BCUT2D eigenvalue weighted by Gasteiger charge is -2.14. The van der Waals surface area contributed by atoms with Crippen LogP contribution in [0.2, 0.25) is 0 Å². The zero-order valence-electron chi connectivity index (χ0n) is 35.3. The number of hydrogen-bond acceptors (Lipinski definition) is 6. The molecule has 12 heteroatoms. The second-order valence-electron chi connectivity index (χ2n) is 16.5. The molecule has 12 rings (SSSR count). The number of rotatable bonds is 10. The first-order valence-electron chi connectivity index (χ1n) is 21.8. The van der Waals surface area contributed by atoms with E-state index in [1.54, 1.807) is 12.1 Å². The first kappa shape index (κ1) is 39.6. The van der Waals surface area contributed by atoms with E-state index in [0.717, 1.165) is 82.5 Å². The van der Waals surface area contributed by atoms with Gasteiger partial charge in [-0.15, -0.1) is 0 Å². The van der Waals surface area contributed by atoms with E-state index in [2.05, 4.69) is 50.1 Å². The summed E-state index contributed by atoms with van der Waals surface area (Å²) in [5, 5.41) is 48.9. The van der Waals surface area contributed by atoms with E-state index in [1.165, 1.54) is 0 Å². The Balaban J connectivity index is 0.842. The van der Waals surface area contributed by atoms with Crippen molar-refractivity contribution in [3.63, 3.8) is 0 Å². The minimum Gasteiger partial charge on any atom is -0.532 e. The van der Waals surface area contributed by atoms with Crippen molar-refractivity contribution in [2.24, 2.45) is 0 Å². The van der Waals surface area contributed by atoms with Gasteiger partial charge < -0.3 is 43.1 Å². The molecule has 4 N–H and O–H groups in total. The van der Waals surface area contributed by atoms with Crippen LogP contribution in [0.5, 0.6) is 11.5 Å². The second kappa shape index (κ2) is 15.9. The number of aromatic nitrogens is 3. The SMILES string of the molecule is OB(O)c1ccc2c(c1)c1ccccc1n2-c1cccc(OB(O)c2ccc3c(c2)c2ccccc2n3-c2cccc(OB(O)c3ccc4c(c3)c3ccccc3n4-c3ccccc3)c2)c1. The van der Waals surface area contributed by atoms with Gasteiger partial charge in [-0.05, 0) is 89.2 Å². The van der Waals surface area contributed by atoms with Crippen LogP contribution < -0.4 is 25.7 Å². The fraction of sp³-hybridized carbons (Fsp3) is 0. The van der Waals surface area contributed by atoms with Crippen LogP contribution in [-0.2, 0) is 0 Å². The number of hydrogen-bond donors (Lipinski definition) is 4. The molecule has 12 aromatic rings. The van der Waals surface area contributed by atoms with Crippen LogP contribution in [0, 0.1) is 0 Å². The van der Waals surface area contributed by atoms with Gasteiger partial charge in [0.15, 0.2) is 0 Å². The third kappa shape index (κ3) is 6.62. The summed E-state index contributed by atoms with van der Waals surface area (Å²) in [5.41, 5.74) is 10.3. The molecule has 0 saturated carbocycles. The summed E-state index contributed by atoms with van der Waals surface area (Å²) in [6.07, 6.45) is 0. The topological polar surface area (TPSA) is 114 Å². The minimum absolute atomic E-state index is 0.415. The van der Waals surface area contributed by atoms with E-state index in [0.29, 0.717) is 27.9 Å². The zero-order valence-corrected chi connectivity index (χ0v) is 35.3. The molecule has 3 aromatic heterocycles. The smallest absolute Gasteiger partial charge is 0.532 e. The Morgan fingerprint density at radius 3 is 1.08 bits per heavy atom. The van der Waals surface area contributed by atoms with Gasteiger partial charge in [-0.1, -0.05) is 121 Å². The van der Waals surface area contributed by atoms with Crippen molar-refractivity contribution in [1.82, 2.24) is 13.7 Å². The van der Waals surface area contributed by atoms with Gasteiger partial charge in [0.25, 0.3) is 0 Å². The van der Waals surface area contributed by atoms with Crippen molar-refractivity contribution < 1.29 is 29.4 Å². The van der Waals surface area contributed by atoms with Crippen LogP contribution in [0.4, 0.5) is 0 Å². The molecule has 9 aromatic carbocycles. The van der Waals surface area contributed by atoms with Crippen molar-refractivity contribution in [2.45, 2.75) is 0 Å². The predicted octanol–water partition coefficient (Wildman–Crippen LogP) is 8.19. The Morgan fingerprint density at radius 2 is 0.636 bits per heavy atom. The number of fused-ring (bicyclic) bond motifs is 9. The highest BCUT2D eigenvalue weighted by Gasteiger charge is 2.25. The first-order chi connectivity index (χ1) is 32.4. The Kier molecular flexibility index (Phi) is 9.55. The van der Waals surface area contributed by atoms with Crippen molar-refractivity contribution in [2.75, 3.05) is 0 Å². The third-order valence-electron chi connectivity index (χ3n) is 12.6. The summed E-state index contributed by atoms with van der Waals surface area (Å²) in [5.74, 6) is 0.990. The summed E-state index contributed by atoms with van der Waals surface area (Å²) < 4.78 is 19.0. The first-order valence-corrected chi connectivity index (χ1v) is 21.8. The number of nitrogens with zero attached hydrogens (tertiary/aromatic N) is 3. The molecule has 314 valence electrons. The third-order valence-corrected chi connectivity index (χ3v) is 12.6. The van der Waals surface area contributed by atoms with E-state index >= 15 is 0 Å². The van der Waals surface area contributed by atoms with Crippen LogP contribution in [0.15, 0.2) is 206 Å². The summed E-state index contributed by atoms with van der Waals surface area (Å²) in [6.45, 7) is 0. The predicted molar refractivity (Wildman–Crippen MR) is 269 cm³/mol. The van der Waals surface area contributed by atoms with E-state index in [1.807, 2.05) is 158 Å². The molecule has 0 unspecified atom stereocenters. The van der Waals surface area contributed by atoms with Crippen LogP contribution in [0.1, 0.15) is 0 Å². The molecule has 0 aliphatic heterocycles. The molecule has 9 nitrogen and oxygen atoms in total. The largest absolute Gasteiger partial charge is 0.560 e. The zero-order chi connectivity index (χ0) is 44.5. The standard InChI is InChI=1S/C54H38B3N3O6/c61-55(62)35-24-27-53-46(30-35)43-18-5-8-22-50(43)59(53)39-14-10-16-41(33-39)66-57(64)37-26-29-54-48(32-37)45-20-6-9-23-51(45)60(54)40-15-11-17-42(34-40)65-56(63)36-25-28-52-47(31-36)44-19-4-7-21-49(44)58(52)38-12-2-1-3-13-38/h1-34,61-64H. The molecule has 3 heterocycles. The Labute approximate surface area is 379 Å². The van der Waals surface area contributed by atoms with Gasteiger partial charge in [0.1, 0.15) is 11.5 Å².